The van der Waals surface area contributed by atoms with Gasteiger partial charge in [0.25, 0.3) is 5.91 Å². The number of aliphatic hydroxyl groups excluding tert-OH is 1. The second kappa shape index (κ2) is 7.00. The fraction of sp³-hybridized carbons (Fsp3) is 0.188. The van der Waals surface area contributed by atoms with E-state index in [-0.39, 0.29) is 6.54 Å². The molecule has 1 amide bonds. The van der Waals surface area contributed by atoms with Gasteiger partial charge in [-0.2, -0.15) is 0 Å². The van der Waals surface area contributed by atoms with E-state index < -0.39 is 29.2 Å². The summed E-state index contributed by atoms with van der Waals surface area (Å²) in [6, 6.07) is 9.77. The largest absolute Gasteiger partial charge is 0.497 e. The van der Waals surface area contributed by atoms with E-state index in [9.17, 15) is 18.7 Å². The molecule has 1 atom stereocenters. The summed E-state index contributed by atoms with van der Waals surface area (Å²) in [5, 5.41) is 12.3. The van der Waals surface area contributed by atoms with Gasteiger partial charge in [-0.3, -0.25) is 4.79 Å². The van der Waals surface area contributed by atoms with Crippen molar-refractivity contribution in [2.45, 2.75) is 6.10 Å². The van der Waals surface area contributed by atoms with Crippen molar-refractivity contribution in [3.8, 4) is 5.75 Å². The molecule has 0 fully saturated rings. The Bertz CT molecular complexity index is 639. The van der Waals surface area contributed by atoms with Crippen molar-refractivity contribution in [1.29, 1.82) is 0 Å². The molecule has 0 bridgehead atoms. The van der Waals surface area contributed by atoms with Crippen LogP contribution in [-0.2, 0) is 0 Å². The Morgan fingerprint density at radius 1 is 1.18 bits per heavy atom. The van der Waals surface area contributed by atoms with Crippen LogP contribution in [0, 0.1) is 11.6 Å². The number of ether oxygens (including phenoxy) is 1. The average Bonchev–Trinajstić information content (AvgIpc) is 2.52. The maximum absolute atomic E-state index is 13.5. The number of benzene rings is 2. The van der Waals surface area contributed by atoms with Crippen molar-refractivity contribution >= 4 is 5.91 Å². The quantitative estimate of drug-likeness (QED) is 0.892. The van der Waals surface area contributed by atoms with Crippen molar-refractivity contribution in [3.05, 3.63) is 65.2 Å². The Morgan fingerprint density at radius 2 is 1.77 bits per heavy atom. The third-order valence-electron chi connectivity index (χ3n) is 3.15. The second-order valence-electron chi connectivity index (χ2n) is 4.60. The Balaban J connectivity index is 2.01. The van der Waals surface area contributed by atoms with E-state index in [2.05, 4.69) is 5.32 Å². The molecule has 4 nitrogen and oxygen atoms in total. The minimum Gasteiger partial charge on any atom is -0.497 e. The average molecular weight is 307 g/mol. The number of rotatable bonds is 5. The van der Waals surface area contributed by atoms with E-state index in [0.29, 0.717) is 11.3 Å². The van der Waals surface area contributed by atoms with Crippen molar-refractivity contribution in [2.24, 2.45) is 0 Å². The zero-order chi connectivity index (χ0) is 16.1. The molecule has 0 aliphatic heterocycles. The lowest BCUT2D eigenvalue weighted by Gasteiger charge is -2.13. The Labute approximate surface area is 126 Å². The second-order valence-corrected chi connectivity index (χ2v) is 4.60. The van der Waals surface area contributed by atoms with Crippen LogP contribution in [0.1, 0.15) is 22.0 Å². The summed E-state index contributed by atoms with van der Waals surface area (Å²) in [5.74, 6) is -2.18. The van der Waals surface area contributed by atoms with Crippen LogP contribution in [0.4, 0.5) is 8.78 Å². The summed E-state index contributed by atoms with van der Waals surface area (Å²) in [7, 11) is 1.52. The molecule has 0 aliphatic carbocycles. The number of amides is 1. The van der Waals surface area contributed by atoms with Gasteiger partial charge < -0.3 is 15.2 Å². The first kappa shape index (κ1) is 15.9. The van der Waals surface area contributed by atoms with Crippen LogP contribution in [0.15, 0.2) is 42.5 Å². The van der Waals surface area contributed by atoms with E-state index in [1.807, 2.05) is 0 Å². The lowest BCUT2D eigenvalue weighted by Crippen LogP contribution is -2.29. The van der Waals surface area contributed by atoms with Gasteiger partial charge in [0.2, 0.25) is 0 Å². The normalized spacial score (nSPS) is 11.8. The van der Waals surface area contributed by atoms with E-state index >= 15 is 0 Å². The van der Waals surface area contributed by atoms with E-state index in [1.54, 1.807) is 24.3 Å². The Kier molecular flexibility index (Phi) is 5.06. The summed E-state index contributed by atoms with van der Waals surface area (Å²) in [6.45, 7) is -0.168. The summed E-state index contributed by atoms with van der Waals surface area (Å²) < 4.78 is 31.9. The van der Waals surface area contributed by atoms with Crippen molar-refractivity contribution in [1.82, 2.24) is 5.32 Å². The van der Waals surface area contributed by atoms with Crippen LogP contribution in [0.25, 0.3) is 0 Å². The number of nitrogens with one attached hydrogen (secondary N) is 1. The minimum absolute atomic E-state index is 0.168. The first-order chi connectivity index (χ1) is 10.5. The van der Waals surface area contributed by atoms with Crippen LogP contribution in [0.5, 0.6) is 5.75 Å². The highest BCUT2D eigenvalue weighted by molar-refractivity contribution is 5.94. The fourth-order valence-electron chi connectivity index (χ4n) is 1.94. The third kappa shape index (κ3) is 3.59. The van der Waals surface area contributed by atoms with Crippen LogP contribution >= 0.6 is 0 Å². The summed E-state index contributed by atoms with van der Waals surface area (Å²) in [4.78, 5) is 11.8. The van der Waals surface area contributed by atoms with Crippen molar-refractivity contribution in [2.75, 3.05) is 13.7 Å². The molecule has 116 valence electrons. The molecule has 2 N–H and O–H groups in total. The van der Waals surface area contributed by atoms with Crippen LogP contribution in [0.3, 0.4) is 0 Å². The molecule has 0 aromatic heterocycles. The maximum Gasteiger partial charge on any atom is 0.257 e. The molecule has 6 heteroatoms. The number of methoxy groups -OCH3 is 1. The fourth-order valence-corrected chi connectivity index (χ4v) is 1.94. The zero-order valence-electron chi connectivity index (χ0n) is 11.8. The monoisotopic (exact) mass is 307 g/mol. The predicted molar refractivity (Wildman–Crippen MR) is 76.6 cm³/mol. The molecule has 2 rings (SSSR count). The van der Waals surface area contributed by atoms with Crippen molar-refractivity contribution in [3.63, 3.8) is 0 Å². The van der Waals surface area contributed by atoms with Crippen LogP contribution in [-0.4, -0.2) is 24.7 Å². The van der Waals surface area contributed by atoms with Crippen LogP contribution in [0.2, 0.25) is 0 Å². The number of hydrogen-bond donors (Lipinski definition) is 2. The van der Waals surface area contributed by atoms with Gasteiger partial charge in [0, 0.05) is 6.54 Å². The highest BCUT2D eigenvalue weighted by atomic mass is 19.1. The number of halogens is 2. The third-order valence-corrected chi connectivity index (χ3v) is 3.15. The molecular formula is C16H15F2NO3. The highest BCUT2D eigenvalue weighted by Gasteiger charge is 2.18. The lowest BCUT2D eigenvalue weighted by atomic mass is 10.1. The van der Waals surface area contributed by atoms with Crippen molar-refractivity contribution < 1.29 is 23.4 Å². The molecular weight excluding hydrogens is 292 g/mol. The molecule has 0 saturated heterocycles. The molecule has 0 spiro atoms. The number of carbonyl (C=O) groups excluding carboxylic acids is 1. The van der Waals surface area contributed by atoms with Gasteiger partial charge in [-0.15, -0.1) is 0 Å². The predicted octanol–water partition coefficient (Wildman–Crippen LogP) is 2.44. The molecule has 2 aromatic carbocycles. The van der Waals surface area contributed by atoms with Gasteiger partial charge in [-0.25, -0.2) is 8.78 Å². The van der Waals surface area contributed by atoms with Gasteiger partial charge >= 0.3 is 0 Å². The number of hydrogen-bond acceptors (Lipinski definition) is 3. The maximum atomic E-state index is 13.5. The zero-order valence-corrected chi connectivity index (χ0v) is 11.8. The van der Waals surface area contributed by atoms with Gasteiger partial charge in [-0.1, -0.05) is 18.2 Å². The topological polar surface area (TPSA) is 58.6 Å². The molecule has 0 radical (unpaired) electrons. The Morgan fingerprint density at radius 3 is 2.32 bits per heavy atom. The first-order valence-corrected chi connectivity index (χ1v) is 6.57. The number of aliphatic hydroxyl groups is 1. The highest BCUT2D eigenvalue weighted by Crippen LogP contribution is 2.17. The molecule has 0 heterocycles. The van der Waals surface area contributed by atoms with Gasteiger partial charge in [-0.05, 0) is 29.8 Å². The molecule has 1 unspecified atom stereocenters. The molecule has 0 saturated carbocycles. The smallest absolute Gasteiger partial charge is 0.257 e. The van der Waals surface area contributed by atoms with Gasteiger partial charge in [0.1, 0.15) is 22.9 Å². The van der Waals surface area contributed by atoms with Gasteiger partial charge in [0.15, 0.2) is 0 Å². The first-order valence-electron chi connectivity index (χ1n) is 6.57. The summed E-state index contributed by atoms with van der Waals surface area (Å²) in [6.07, 6.45) is -0.996. The summed E-state index contributed by atoms with van der Waals surface area (Å²) >= 11 is 0. The SMILES string of the molecule is COc1ccc(C(O)CNC(=O)c2c(F)cccc2F)cc1. The molecule has 0 aliphatic rings. The minimum atomic E-state index is -0.996. The number of carbonyl (C=O) groups is 1. The Hall–Kier alpha value is -2.47. The van der Waals surface area contributed by atoms with Crippen LogP contribution < -0.4 is 10.1 Å². The standard InChI is InChI=1S/C16H15F2NO3/c1-22-11-7-5-10(6-8-11)14(20)9-19-16(21)15-12(17)3-2-4-13(15)18/h2-8,14,20H,9H2,1H3,(H,19,21). The van der Waals surface area contributed by atoms with E-state index in [4.69, 9.17) is 4.74 Å². The van der Waals surface area contributed by atoms with E-state index in [1.165, 1.54) is 13.2 Å². The molecule has 2 aromatic rings. The van der Waals surface area contributed by atoms with Gasteiger partial charge in [0.05, 0.1) is 13.2 Å². The molecule has 22 heavy (non-hydrogen) atoms. The lowest BCUT2D eigenvalue weighted by molar-refractivity contribution is 0.0908. The summed E-state index contributed by atoms with van der Waals surface area (Å²) in [5.41, 5.74) is -0.112. The van der Waals surface area contributed by atoms with E-state index in [0.717, 1.165) is 12.1 Å².